The van der Waals surface area contributed by atoms with Crippen LogP contribution in [-0.2, 0) is 9.47 Å². The summed E-state index contributed by atoms with van der Waals surface area (Å²) in [7, 11) is 2.77. The molecular formula is C8H20BaO5. The van der Waals surface area contributed by atoms with Crippen molar-refractivity contribution in [3.63, 3.8) is 0 Å². The standard InChI is InChI=1S/2C3H7O2.C2H6O.Ba/c2*1-3(4)5-2;1-2-3;/h2*3H,1-2H3;3H,2H2,1H3;/q2*-1;;+2. The Morgan fingerprint density at radius 2 is 1.14 bits per heavy atom. The van der Waals surface area contributed by atoms with Crippen molar-refractivity contribution in [2.45, 2.75) is 33.4 Å². The molecule has 0 spiro atoms. The molecule has 0 aromatic carbocycles. The predicted molar refractivity (Wildman–Crippen MR) is 51.5 cm³/mol. The maximum absolute atomic E-state index is 9.67. The van der Waals surface area contributed by atoms with Gasteiger partial charge in [-0.1, -0.05) is 13.8 Å². The third-order valence-corrected chi connectivity index (χ3v) is 0.664. The van der Waals surface area contributed by atoms with E-state index < -0.39 is 12.6 Å². The van der Waals surface area contributed by atoms with E-state index in [9.17, 15) is 10.2 Å². The average molecular weight is 334 g/mol. The second-order valence-corrected chi connectivity index (χ2v) is 1.92. The van der Waals surface area contributed by atoms with E-state index in [0.29, 0.717) is 0 Å². The first-order valence-corrected chi connectivity index (χ1v) is 3.94. The zero-order valence-corrected chi connectivity index (χ0v) is 14.1. The van der Waals surface area contributed by atoms with Crippen molar-refractivity contribution in [1.82, 2.24) is 0 Å². The molecule has 0 saturated heterocycles. The number of aliphatic hydroxyl groups excluding tert-OH is 1. The summed E-state index contributed by atoms with van der Waals surface area (Å²) in [6.45, 7) is 4.82. The average Bonchev–Trinajstić information content (AvgIpc) is 2.07. The Balaban J connectivity index is -0.0000000535. The first-order valence-electron chi connectivity index (χ1n) is 3.94. The Bertz CT molecular complexity index is 62.8. The fourth-order valence-corrected chi connectivity index (χ4v) is 0. The normalized spacial score (nSPS) is 12.0. The summed E-state index contributed by atoms with van der Waals surface area (Å²) in [6.07, 6.45) is -1.73. The van der Waals surface area contributed by atoms with Crippen molar-refractivity contribution in [2.24, 2.45) is 0 Å². The molecule has 1 N–H and O–H groups in total. The van der Waals surface area contributed by atoms with Gasteiger partial charge in [0, 0.05) is 20.8 Å². The predicted octanol–water partition coefficient (Wildman–Crippen LogP) is -1.70. The molecule has 2 unspecified atom stereocenters. The number of hydrogen-bond acceptors (Lipinski definition) is 5. The van der Waals surface area contributed by atoms with Crippen molar-refractivity contribution in [3.05, 3.63) is 0 Å². The van der Waals surface area contributed by atoms with Crippen molar-refractivity contribution in [2.75, 3.05) is 20.8 Å². The number of ether oxygens (including phenoxy) is 2. The summed E-state index contributed by atoms with van der Waals surface area (Å²) in [5.41, 5.74) is 0. The minimum Gasteiger partial charge on any atom is -0.831 e. The van der Waals surface area contributed by atoms with E-state index in [1.807, 2.05) is 0 Å². The van der Waals surface area contributed by atoms with Crippen LogP contribution < -0.4 is 10.2 Å². The van der Waals surface area contributed by atoms with Crippen LogP contribution in [0.25, 0.3) is 0 Å². The van der Waals surface area contributed by atoms with Gasteiger partial charge in [-0.2, -0.15) is 0 Å². The first-order chi connectivity index (χ1) is 5.95. The Morgan fingerprint density at radius 3 is 1.14 bits per heavy atom. The van der Waals surface area contributed by atoms with Gasteiger partial charge in [0.05, 0.1) is 0 Å². The van der Waals surface area contributed by atoms with Crippen LogP contribution in [0, 0.1) is 0 Å². The van der Waals surface area contributed by atoms with Crippen LogP contribution in [-0.4, -0.2) is 87.4 Å². The molecule has 0 saturated carbocycles. The fraction of sp³-hybridized carbons (Fsp3) is 1.00. The van der Waals surface area contributed by atoms with Crippen LogP contribution in [0.3, 0.4) is 0 Å². The molecule has 0 amide bonds. The molecule has 0 aromatic heterocycles. The summed E-state index contributed by atoms with van der Waals surface area (Å²) < 4.78 is 8.39. The molecular weight excluding hydrogens is 313 g/mol. The molecule has 0 fully saturated rings. The van der Waals surface area contributed by atoms with Crippen molar-refractivity contribution >= 4 is 48.9 Å². The number of hydrogen-bond donors (Lipinski definition) is 1. The molecule has 0 aromatic rings. The third kappa shape index (κ3) is 70.9. The van der Waals surface area contributed by atoms with E-state index in [1.165, 1.54) is 28.1 Å². The maximum Gasteiger partial charge on any atom is 2.00 e. The summed E-state index contributed by atoms with van der Waals surface area (Å²) in [5, 5.41) is 26.9. The van der Waals surface area contributed by atoms with Gasteiger partial charge in [0.1, 0.15) is 0 Å². The largest absolute Gasteiger partial charge is 2.00 e. The molecule has 2 atom stereocenters. The van der Waals surface area contributed by atoms with Crippen LogP contribution in [0.1, 0.15) is 20.8 Å². The zero-order valence-electron chi connectivity index (χ0n) is 9.65. The Hall–Kier alpha value is 1.37. The SMILES string of the molecule is CCO.COC(C)[O-].COC(C)[O-].[Ba+2]. The number of aliphatic hydroxyl groups is 1. The van der Waals surface area contributed by atoms with Crippen molar-refractivity contribution in [1.29, 1.82) is 0 Å². The second kappa shape index (κ2) is 23.9. The Morgan fingerprint density at radius 1 is 1.07 bits per heavy atom. The van der Waals surface area contributed by atoms with E-state index in [4.69, 9.17) is 5.11 Å². The quantitative estimate of drug-likeness (QED) is 0.481. The second-order valence-electron chi connectivity index (χ2n) is 1.92. The maximum atomic E-state index is 9.67. The van der Waals surface area contributed by atoms with Gasteiger partial charge in [0.2, 0.25) is 0 Å². The number of rotatable bonds is 2. The van der Waals surface area contributed by atoms with Gasteiger partial charge < -0.3 is 24.8 Å². The van der Waals surface area contributed by atoms with E-state index in [1.54, 1.807) is 6.92 Å². The van der Waals surface area contributed by atoms with Crippen LogP contribution >= 0.6 is 0 Å². The molecule has 0 bridgehead atoms. The van der Waals surface area contributed by atoms with Crippen molar-refractivity contribution < 1.29 is 24.8 Å². The monoisotopic (exact) mass is 334 g/mol. The summed E-state index contributed by atoms with van der Waals surface area (Å²) in [6, 6.07) is 0. The van der Waals surface area contributed by atoms with Gasteiger partial charge in [-0.3, -0.25) is 0 Å². The Kier molecular flexibility index (Phi) is 41.9. The van der Waals surface area contributed by atoms with Crippen LogP contribution in [0.5, 0.6) is 0 Å². The van der Waals surface area contributed by atoms with Gasteiger partial charge in [0.15, 0.2) is 0 Å². The van der Waals surface area contributed by atoms with E-state index in [0.717, 1.165) is 0 Å². The third-order valence-electron chi connectivity index (χ3n) is 0.664. The summed E-state index contributed by atoms with van der Waals surface area (Å²) in [5.74, 6) is 0. The molecule has 0 rings (SSSR count). The molecule has 84 valence electrons. The van der Waals surface area contributed by atoms with E-state index >= 15 is 0 Å². The molecule has 5 nitrogen and oxygen atoms in total. The smallest absolute Gasteiger partial charge is 0.831 e. The van der Waals surface area contributed by atoms with Crippen LogP contribution in [0.15, 0.2) is 0 Å². The zero-order chi connectivity index (χ0) is 11.3. The van der Waals surface area contributed by atoms with Crippen LogP contribution in [0.2, 0.25) is 0 Å². The first kappa shape index (κ1) is 24.6. The van der Waals surface area contributed by atoms with E-state index in [2.05, 4.69) is 9.47 Å². The van der Waals surface area contributed by atoms with E-state index in [-0.39, 0.29) is 55.5 Å². The van der Waals surface area contributed by atoms with Gasteiger partial charge >= 0.3 is 48.9 Å². The summed E-state index contributed by atoms with van der Waals surface area (Å²) >= 11 is 0. The molecule has 0 radical (unpaired) electrons. The van der Waals surface area contributed by atoms with Crippen molar-refractivity contribution in [3.8, 4) is 0 Å². The van der Waals surface area contributed by atoms with Crippen LogP contribution in [0.4, 0.5) is 0 Å². The number of methoxy groups -OCH3 is 2. The fourth-order valence-electron chi connectivity index (χ4n) is 0. The van der Waals surface area contributed by atoms with Gasteiger partial charge in [-0.15, -0.1) is 0 Å². The summed E-state index contributed by atoms with van der Waals surface area (Å²) in [4.78, 5) is 0. The molecule has 6 heteroatoms. The molecule has 0 heterocycles. The minimum absolute atomic E-state index is 0. The van der Waals surface area contributed by atoms with Gasteiger partial charge in [0.25, 0.3) is 0 Å². The van der Waals surface area contributed by atoms with Gasteiger partial charge in [-0.05, 0) is 19.5 Å². The molecule has 0 aliphatic rings. The topological polar surface area (TPSA) is 84.8 Å². The van der Waals surface area contributed by atoms with Gasteiger partial charge in [-0.25, -0.2) is 0 Å². The molecule has 14 heavy (non-hydrogen) atoms. The molecule has 0 aliphatic heterocycles. The molecule has 0 aliphatic carbocycles. The minimum atomic E-state index is -0.866. The Labute approximate surface area is 126 Å².